The predicted octanol–water partition coefficient (Wildman–Crippen LogP) is 2.12. The highest BCUT2D eigenvalue weighted by Crippen LogP contribution is 2.14. The van der Waals surface area contributed by atoms with Crippen molar-refractivity contribution in [3.63, 3.8) is 0 Å². The monoisotopic (exact) mass is 134 g/mol. The number of H-pyrrole nitrogens is 1. The fourth-order valence-electron chi connectivity index (χ4n) is 1.12. The molecule has 1 N–H and O–H groups in total. The first-order valence-electron chi connectivity index (χ1n) is 3.25. The molecule has 0 unspecified atom stereocenters. The largest absolute Gasteiger partial charge is 0.360 e. The first kappa shape index (κ1) is 5.47. The zero-order valence-corrected chi connectivity index (χ0v) is 5.76. The van der Waals surface area contributed by atoms with E-state index in [1.165, 1.54) is 10.9 Å². The van der Waals surface area contributed by atoms with Crippen molar-refractivity contribution in [2.45, 2.75) is 6.92 Å². The van der Waals surface area contributed by atoms with Crippen molar-refractivity contribution in [2.75, 3.05) is 0 Å². The Morgan fingerprint density at radius 1 is 1.60 bits per heavy atom. The van der Waals surface area contributed by atoms with Gasteiger partial charge in [0.25, 0.3) is 0 Å². The van der Waals surface area contributed by atoms with Crippen LogP contribution in [0.15, 0.2) is 24.7 Å². The average molecular weight is 134 g/mol. The van der Waals surface area contributed by atoms with Crippen LogP contribution in [0.2, 0.25) is 0 Å². The summed E-state index contributed by atoms with van der Waals surface area (Å²) < 4.78 is 0. The smallest absolute Gasteiger partial charge is 0.0643 e. The number of aromatic amines is 1. The Bertz CT molecular complexity index is 354. The third kappa shape index (κ3) is 0.620. The van der Waals surface area contributed by atoms with Crippen LogP contribution in [0.3, 0.4) is 0 Å². The molecule has 10 heavy (non-hydrogen) atoms. The second-order valence-corrected chi connectivity index (χ2v) is 2.39. The van der Waals surface area contributed by atoms with E-state index in [0.717, 1.165) is 5.52 Å². The van der Waals surface area contributed by atoms with Gasteiger partial charge in [0.05, 0.1) is 11.7 Å². The molecule has 2 heterocycles. The van der Waals surface area contributed by atoms with Gasteiger partial charge >= 0.3 is 0 Å². The maximum Gasteiger partial charge on any atom is 0.0643 e. The summed E-state index contributed by atoms with van der Waals surface area (Å²) in [5.74, 6) is 0. The highest BCUT2D eigenvalue weighted by Gasteiger charge is 1.95. The number of nitrogens with one attached hydrogen (secondary N) is 1. The van der Waals surface area contributed by atoms with Crippen molar-refractivity contribution in [3.05, 3.63) is 30.2 Å². The lowest BCUT2D eigenvalue weighted by atomic mass is 10.2. The van der Waals surface area contributed by atoms with E-state index >= 15 is 0 Å². The Balaban J connectivity index is 0.000000605. The normalized spacial score (nSPS) is 10.5. The third-order valence-electron chi connectivity index (χ3n) is 1.69. The maximum absolute atomic E-state index is 3.99. The first-order valence-corrected chi connectivity index (χ1v) is 3.25. The van der Waals surface area contributed by atoms with Crippen molar-refractivity contribution < 1.29 is 1.43 Å². The zero-order chi connectivity index (χ0) is 6.97. The second-order valence-electron chi connectivity index (χ2n) is 2.39. The number of aryl methyl sites for hydroxylation is 1. The van der Waals surface area contributed by atoms with Gasteiger partial charge in [0.1, 0.15) is 0 Å². The van der Waals surface area contributed by atoms with Crippen LogP contribution in [0.25, 0.3) is 10.9 Å². The lowest BCUT2D eigenvalue weighted by Crippen LogP contribution is -1.70. The summed E-state index contributed by atoms with van der Waals surface area (Å²) in [7, 11) is 0. The van der Waals surface area contributed by atoms with Gasteiger partial charge in [-0.3, -0.25) is 4.98 Å². The lowest BCUT2D eigenvalue weighted by Gasteiger charge is -1.86. The molecule has 0 atom stereocenters. The predicted molar refractivity (Wildman–Crippen MR) is 42.9 cm³/mol. The zero-order valence-electron chi connectivity index (χ0n) is 5.76. The van der Waals surface area contributed by atoms with E-state index in [4.69, 9.17) is 0 Å². The summed E-state index contributed by atoms with van der Waals surface area (Å²) >= 11 is 0. The molecule has 0 fully saturated rings. The number of rotatable bonds is 0. The Hall–Kier alpha value is -1.31. The number of nitrogens with zero attached hydrogens (tertiary/aromatic N) is 1. The lowest BCUT2D eigenvalue weighted by molar-refractivity contribution is 1.34. The van der Waals surface area contributed by atoms with Crippen LogP contribution in [-0.2, 0) is 0 Å². The van der Waals surface area contributed by atoms with Crippen molar-refractivity contribution in [1.82, 2.24) is 9.97 Å². The molecule has 2 aromatic rings. The van der Waals surface area contributed by atoms with Crippen LogP contribution in [0.4, 0.5) is 0 Å². The summed E-state index contributed by atoms with van der Waals surface area (Å²) in [5, 5.41) is 1.26. The standard InChI is InChI=1S/C8H8N2.H2/c1-6-4-10-8-5-9-3-2-7(6)8;/h2-5,10H,1H3;1H. The van der Waals surface area contributed by atoms with Gasteiger partial charge in [-0.05, 0) is 18.6 Å². The van der Waals surface area contributed by atoms with Crippen LogP contribution < -0.4 is 0 Å². The summed E-state index contributed by atoms with van der Waals surface area (Å²) in [6.45, 7) is 2.08. The molecule has 0 bridgehead atoms. The maximum atomic E-state index is 3.99. The first-order chi connectivity index (χ1) is 4.88. The molecule has 0 aliphatic heterocycles. The van der Waals surface area contributed by atoms with Gasteiger partial charge in [0, 0.05) is 19.2 Å². The molecule has 2 nitrogen and oxygen atoms in total. The molecule has 2 aromatic heterocycles. The summed E-state index contributed by atoms with van der Waals surface area (Å²) in [4.78, 5) is 7.12. The Kier molecular flexibility index (Phi) is 1.01. The molecule has 0 aliphatic rings. The van der Waals surface area contributed by atoms with Crippen molar-refractivity contribution in [3.8, 4) is 0 Å². The van der Waals surface area contributed by atoms with Crippen molar-refractivity contribution in [2.24, 2.45) is 0 Å². The molecule has 0 aliphatic carbocycles. The van der Waals surface area contributed by atoms with Crippen molar-refractivity contribution >= 4 is 10.9 Å². The molecular formula is C8H10N2. The van der Waals surface area contributed by atoms with Gasteiger partial charge in [0.2, 0.25) is 0 Å². The van der Waals surface area contributed by atoms with Gasteiger partial charge in [-0.2, -0.15) is 0 Å². The van der Waals surface area contributed by atoms with Gasteiger partial charge < -0.3 is 4.98 Å². The Labute approximate surface area is 60.4 Å². The summed E-state index contributed by atoms with van der Waals surface area (Å²) in [5.41, 5.74) is 2.39. The minimum Gasteiger partial charge on any atom is -0.360 e. The van der Waals surface area contributed by atoms with E-state index in [2.05, 4.69) is 16.9 Å². The highest BCUT2D eigenvalue weighted by molar-refractivity contribution is 5.81. The van der Waals surface area contributed by atoms with Crippen LogP contribution >= 0.6 is 0 Å². The number of fused-ring (bicyclic) bond motifs is 1. The quantitative estimate of drug-likeness (QED) is 0.587. The average Bonchev–Trinajstić information content (AvgIpc) is 2.34. The van der Waals surface area contributed by atoms with E-state index < -0.39 is 0 Å². The molecule has 0 radical (unpaired) electrons. The fourth-order valence-corrected chi connectivity index (χ4v) is 1.12. The number of hydrogen-bond donors (Lipinski definition) is 1. The molecule has 2 heteroatoms. The Morgan fingerprint density at radius 3 is 3.30 bits per heavy atom. The number of pyridine rings is 1. The fraction of sp³-hybridized carbons (Fsp3) is 0.125. The third-order valence-corrected chi connectivity index (χ3v) is 1.69. The molecule has 0 saturated carbocycles. The Morgan fingerprint density at radius 2 is 2.50 bits per heavy atom. The van der Waals surface area contributed by atoms with E-state index in [-0.39, 0.29) is 1.43 Å². The highest BCUT2D eigenvalue weighted by atomic mass is 14.7. The van der Waals surface area contributed by atoms with E-state index in [1.807, 2.05) is 24.7 Å². The number of aromatic nitrogens is 2. The molecule has 0 aromatic carbocycles. The van der Waals surface area contributed by atoms with E-state index in [9.17, 15) is 0 Å². The van der Waals surface area contributed by atoms with E-state index in [0.29, 0.717) is 0 Å². The van der Waals surface area contributed by atoms with Crippen LogP contribution in [0, 0.1) is 6.92 Å². The van der Waals surface area contributed by atoms with Crippen LogP contribution in [0.5, 0.6) is 0 Å². The molecule has 0 amide bonds. The van der Waals surface area contributed by atoms with Crippen LogP contribution in [-0.4, -0.2) is 9.97 Å². The SMILES string of the molecule is Cc1c[nH]c2cnccc12.[HH]. The minimum atomic E-state index is 0. The molecule has 0 saturated heterocycles. The molecule has 0 spiro atoms. The van der Waals surface area contributed by atoms with Gasteiger partial charge in [-0.25, -0.2) is 0 Å². The number of hydrogen-bond acceptors (Lipinski definition) is 1. The summed E-state index contributed by atoms with van der Waals surface area (Å²) in [6.07, 6.45) is 5.64. The van der Waals surface area contributed by atoms with Gasteiger partial charge in [-0.1, -0.05) is 0 Å². The summed E-state index contributed by atoms with van der Waals surface area (Å²) in [6, 6.07) is 2.02. The van der Waals surface area contributed by atoms with Gasteiger partial charge in [0.15, 0.2) is 0 Å². The second kappa shape index (κ2) is 1.84. The van der Waals surface area contributed by atoms with E-state index in [1.54, 1.807) is 0 Å². The van der Waals surface area contributed by atoms with Crippen LogP contribution in [0.1, 0.15) is 6.99 Å². The van der Waals surface area contributed by atoms with Gasteiger partial charge in [-0.15, -0.1) is 0 Å². The van der Waals surface area contributed by atoms with Crippen molar-refractivity contribution in [1.29, 1.82) is 0 Å². The molecular weight excluding hydrogens is 124 g/mol. The molecule has 2 rings (SSSR count). The minimum absolute atomic E-state index is 0. The molecule has 52 valence electrons. The topological polar surface area (TPSA) is 28.7 Å².